The molecule has 6 heteroatoms. The molecule has 0 amide bonds. The fourth-order valence-corrected chi connectivity index (χ4v) is 2.38. The van der Waals surface area contributed by atoms with Crippen LogP contribution in [0.3, 0.4) is 0 Å². The van der Waals surface area contributed by atoms with Gasteiger partial charge in [-0.2, -0.15) is 13.1 Å². The normalized spacial score (nSPS) is 11.2. The van der Waals surface area contributed by atoms with Crippen molar-refractivity contribution in [2.75, 3.05) is 0 Å². The fraction of sp³-hybridized carbons (Fsp3) is 0.0769. The standard InChI is InChI=1S/C13H12ClNO3S/c14-12-7-4-8-13(9-12)18-19(16,17)15-10-11-5-2-1-3-6-11/h1-9,15H,10H2. The molecule has 19 heavy (non-hydrogen) atoms. The van der Waals surface area contributed by atoms with Crippen LogP contribution in [0.4, 0.5) is 0 Å². The number of nitrogens with one attached hydrogen (secondary N) is 1. The molecular formula is C13H12ClNO3S. The molecule has 100 valence electrons. The molecule has 0 heterocycles. The quantitative estimate of drug-likeness (QED) is 0.923. The van der Waals surface area contributed by atoms with Crippen LogP contribution in [-0.4, -0.2) is 8.42 Å². The number of hydrogen-bond acceptors (Lipinski definition) is 3. The summed E-state index contributed by atoms with van der Waals surface area (Å²) in [6, 6.07) is 15.4. The summed E-state index contributed by atoms with van der Waals surface area (Å²) >= 11 is 5.75. The average Bonchev–Trinajstić information content (AvgIpc) is 2.37. The van der Waals surface area contributed by atoms with E-state index in [1.807, 2.05) is 30.3 Å². The molecule has 0 bridgehead atoms. The Labute approximate surface area is 117 Å². The summed E-state index contributed by atoms with van der Waals surface area (Å²) < 4.78 is 30.6. The van der Waals surface area contributed by atoms with Crippen LogP contribution in [0.2, 0.25) is 5.02 Å². The number of rotatable bonds is 5. The van der Waals surface area contributed by atoms with Crippen molar-refractivity contribution >= 4 is 21.9 Å². The molecule has 1 N–H and O–H groups in total. The van der Waals surface area contributed by atoms with Gasteiger partial charge in [0, 0.05) is 17.6 Å². The summed E-state index contributed by atoms with van der Waals surface area (Å²) in [7, 11) is -3.86. The van der Waals surface area contributed by atoms with Gasteiger partial charge in [0.1, 0.15) is 5.75 Å². The zero-order valence-electron chi connectivity index (χ0n) is 9.91. The van der Waals surface area contributed by atoms with E-state index in [9.17, 15) is 8.42 Å². The monoisotopic (exact) mass is 297 g/mol. The van der Waals surface area contributed by atoms with E-state index < -0.39 is 10.3 Å². The topological polar surface area (TPSA) is 55.4 Å². The summed E-state index contributed by atoms with van der Waals surface area (Å²) in [5.41, 5.74) is 0.848. The molecule has 0 fully saturated rings. The first-order valence-electron chi connectivity index (χ1n) is 5.54. The van der Waals surface area contributed by atoms with Crippen molar-refractivity contribution in [1.82, 2.24) is 4.72 Å². The third-order valence-corrected chi connectivity index (χ3v) is 3.44. The third kappa shape index (κ3) is 4.55. The molecule has 0 aromatic heterocycles. The van der Waals surface area contributed by atoms with Crippen molar-refractivity contribution in [2.45, 2.75) is 6.54 Å². The molecule has 0 radical (unpaired) electrons. The van der Waals surface area contributed by atoms with E-state index in [-0.39, 0.29) is 12.3 Å². The molecule has 0 atom stereocenters. The van der Waals surface area contributed by atoms with Gasteiger partial charge in [0.25, 0.3) is 0 Å². The van der Waals surface area contributed by atoms with Crippen LogP contribution in [0, 0.1) is 0 Å². The van der Waals surface area contributed by atoms with Crippen LogP contribution in [0.1, 0.15) is 5.56 Å². The van der Waals surface area contributed by atoms with Gasteiger partial charge in [-0.15, -0.1) is 0 Å². The predicted octanol–water partition coefficient (Wildman–Crippen LogP) is 2.75. The lowest BCUT2D eigenvalue weighted by atomic mass is 10.2. The van der Waals surface area contributed by atoms with Crippen molar-refractivity contribution in [3.8, 4) is 5.75 Å². The van der Waals surface area contributed by atoms with Crippen molar-refractivity contribution in [2.24, 2.45) is 0 Å². The van der Waals surface area contributed by atoms with Gasteiger partial charge in [0.2, 0.25) is 0 Å². The van der Waals surface area contributed by atoms with Gasteiger partial charge < -0.3 is 4.18 Å². The van der Waals surface area contributed by atoms with Gasteiger partial charge >= 0.3 is 10.3 Å². The Hall–Kier alpha value is -1.56. The van der Waals surface area contributed by atoms with Gasteiger partial charge in [0.05, 0.1) is 0 Å². The maximum absolute atomic E-state index is 11.7. The third-order valence-electron chi connectivity index (χ3n) is 2.30. The first-order valence-corrected chi connectivity index (χ1v) is 7.32. The molecule has 0 aliphatic heterocycles. The highest BCUT2D eigenvalue weighted by atomic mass is 35.5. The van der Waals surface area contributed by atoms with Gasteiger partial charge in [-0.3, -0.25) is 0 Å². The van der Waals surface area contributed by atoms with E-state index in [0.29, 0.717) is 5.02 Å². The molecule has 2 aromatic carbocycles. The Morgan fingerprint density at radius 3 is 2.47 bits per heavy atom. The van der Waals surface area contributed by atoms with Crippen LogP contribution in [0.5, 0.6) is 5.75 Å². The Morgan fingerprint density at radius 2 is 1.79 bits per heavy atom. The molecule has 0 aliphatic carbocycles. The van der Waals surface area contributed by atoms with E-state index >= 15 is 0 Å². The van der Waals surface area contributed by atoms with Crippen molar-refractivity contribution in [1.29, 1.82) is 0 Å². The molecule has 4 nitrogen and oxygen atoms in total. The van der Waals surface area contributed by atoms with Crippen LogP contribution in [0.15, 0.2) is 54.6 Å². The molecule has 0 saturated carbocycles. The minimum absolute atomic E-state index is 0.170. The molecule has 0 saturated heterocycles. The summed E-state index contributed by atoms with van der Waals surface area (Å²) in [5.74, 6) is 0.174. The van der Waals surface area contributed by atoms with Gasteiger partial charge in [-0.1, -0.05) is 48.0 Å². The Kier molecular flexibility index (Phi) is 4.42. The maximum Gasteiger partial charge on any atom is 0.382 e. The van der Waals surface area contributed by atoms with Crippen LogP contribution in [-0.2, 0) is 16.8 Å². The van der Waals surface area contributed by atoms with E-state index in [1.165, 1.54) is 12.1 Å². The molecular weight excluding hydrogens is 286 g/mol. The largest absolute Gasteiger partial charge is 0.382 e. The van der Waals surface area contributed by atoms with Crippen molar-refractivity contribution in [3.05, 3.63) is 65.2 Å². The number of halogens is 1. The summed E-state index contributed by atoms with van der Waals surface area (Å²) in [5, 5.41) is 0.413. The highest BCUT2D eigenvalue weighted by Crippen LogP contribution is 2.18. The van der Waals surface area contributed by atoms with Crippen LogP contribution >= 0.6 is 11.6 Å². The van der Waals surface area contributed by atoms with Crippen LogP contribution in [0.25, 0.3) is 0 Å². The van der Waals surface area contributed by atoms with E-state index in [1.54, 1.807) is 12.1 Å². The minimum Gasteiger partial charge on any atom is -0.371 e. The lowest BCUT2D eigenvalue weighted by Gasteiger charge is -2.08. The summed E-state index contributed by atoms with van der Waals surface area (Å²) in [6.45, 7) is 0.170. The van der Waals surface area contributed by atoms with Crippen molar-refractivity contribution < 1.29 is 12.6 Å². The van der Waals surface area contributed by atoms with Gasteiger partial charge in [-0.25, -0.2) is 0 Å². The maximum atomic E-state index is 11.7. The second-order valence-electron chi connectivity index (χ2n) is 3.80. The predicted molar refractivity (Wildman–Crippen MR) is 74.3 cm³/mol. The fourth-order valence-electron chi connectivity index (χ4n) is 1.44. The second kappa shape index (κ2) is 6.06. The molecule has 0 unspecified atom stereocenters. The Morgan fingerprint density at radius 1 is 1.05 bits per heavy atom. The SMILES string of the molecule is O=S(=O)(NCc1ccccc1)Oc1cccc(Cl)c1. The van der Waals surface area contributed by atoms with Crippen LogP contribution < -0.4 is 8.91 Å². The van der Waals surface area contributed by atoms with Crippen molar-refractivity contribution in [3.63, 3.8) is 0 Å². The lowest BCUT2D eigenvalue weighted by molar-refractivity contribution is 0.471. The first-order chi connectivity index (χ1) is 9.05. The zero-order valence-corrected chi connectivity index (χ0v) is 11.5. The highest BCUT2D eigenvalue weighted by Gasteiger charge is 2.12. The summed E-state index contributed by atoms with van der Waals surface area (Å²) in [4.78, 5) is 0. The minimum atomic E-state index is -3.86. The first kappa shape index (κ1) is 13.9. The summed E-state index contributed by atoms with van der Waals surface area (Å²) in [6.07, 6.45) is 0. The van der Waals surface area contributed by atoms with E-state index in [2.05, 4.69) is 4.72 Å². The number of benzene rings is 2. The van der Waals surface area contributed by atoms with Gasteiger partial charge in [-0.05, 0) is 17.7 Å². The molecule has 0 spiro atoms. The Bertz CT molecular complexity index is 644. The van der Waals surface area contributed by atoms with E-state index in [0.717, 1.165) is 5.56 Å². The second-order valence-corrected chi connectivity index (χ2v) is 5.60. The van der Waals surface area contributed by atoms with E-state index in [4.69, 9.17) is 15.8 Å². The molecule has 0 aliphatic rings. The number of hydrogen-bond donors (Lipinski definition) is 1. The Balaban J connectivity index is 1.99. The highest BCUT2D eigenvalue weighted by molar-refractivity contribution is 7.85. The average molecular weight is 298 g/mol. The molecule has 2 rings (SSSR count). The lowest BCUT2D eigenvalue weighted by Crippen LogP contribution is -2.27. The smallest absolute Gasteiger partial charge is 0.371 e. The van der Waals surface area contributed by atoms with Gasteiger partial charge in [0.15, 0.2) is 0 Å². The molecule has 2 aromatic rings. The zero-order chi connectivity index (χ0) is 13.7.